The van der Waals surface area contributed by atoms with Crippen LogP contribution in [0.5, 0.6) is 0 Å². The zero-order valence-electron chi connectivity index (χ0n) is 7.47. The maximum Gasteiger partial charge on any atom is 0.203 e. The van der Waals surface area contributed by atoms with Gasteiger partial charge in [0.25, 0.3) is 0 Å². The zero-order valence-corrected chi connectivity index (χ0v) is 8.37. The van der Waals surface area contributed by atoms with Crippen molar-refractivity contribution in [3.63, 3.8) is 0 Å². The average molecular weight is 193 g/mol. The van der Waals surface area contributed by atoms with Gasteiger partial charge in [0.05, 0.1) is 0 Å². The summed E-state index contributed by atoms with van der Waals surface area (Å²) in [5.41, 5.74) is -0.162. The molecule has 0 bridgehead atoms. The topological polar surface area (TPSA) is 69.9 Å². The average Bonchev–Trinajstić information content (AvgIpc) is 2.03. The van der Waals surface area contributed by atoms with Crippen LogP contribution in [0.1, 0.15) is 26.7 Å². The van der Waals surface area contributed by atoms with Crippen LogP contribution in [0.2, 0.25) is 0 Å². The molecular weight excluding hydrogens is 177 g/mol. The zero-order chi connectivity index (χ0) is 9.61. The summed E-state index contributed by atoms with van der Waals surface area (Å²) in [6, 6.07) is 0. The Kier molecular flexibility index (Phi) is 5.18. The molecule has 0 aromatic rings. The van der Waals surface area contributed by atoms with Crippen LogP contribution in [-0.4, -0.2) is 28.1 Å². The summed E-state index contributed by atoms with van der Waals surface area (Å²) in [7, 11) is -3.02. The molecular formula is C7H16NO3P. The van der Waals surface area contributed by atoms with Gasteiger partial charge in [-0.2, -0.15) is 0 Å². The molecule has 0 aromatic carbocycles. The Labute approximate surface area is 72.7 Å². The van der Waals surface area contributed by atoms with E-state index in [2.05, 4.69) is 5.16 Å². The molecule has 72 valence electrons. The third kappa shape index (κ3) is 3.88. The molecule has 2 unspecified atom stereocenters. The highest BCUT2D eigenvalue weighted by Gasteiger charge is 2.24. The Morgan fingerprint density at radius 2 is 2.25 bits per heavy atom. The highest BCUT2D eigenvalue weighted by Crippen LogP contribution is 2.47. The van der Waals surface area contributed by atoms with Crippen molar-refractivity contribution in [1.82, 2.24) is 0 Å². The number of rotatable bonds is 5. The Balaban J connectivity index is 3.95. The molecule has 4 nitrogen and oxygen atoms in total. The van der Waals surface area contributed by atoms with Gasteiger partial charge in [-0.1, -0.05) is 13.8 Å². The van der Waals surface area contributed by atoms with Crippen molar-refractivity contribution in [3.05, 3.63) is 0 Å². The Morgan fingerprint density at radius 1 is 1.67 bits per heavy atom. The van der Waals surface area contributed by atoms with Crippen LogP contribution in [0.25, 0.3) is 0 Å². The fourth-order valence-electron chi connectivity index (χ4n) is 0.806. The smallest absolute Gasteiger partial charge is 0.203 e. The fraction of sp³-hybridized carbons (Fsp3) is 0.857. The second-order valence-corrected chi connectivity index (χ2v) is 5.66. The molecule has 0 radical (unpaired) electrons. The molecule has 2 atom stereocenters. The van der Waals surface area contributed by atoms with Gasteiger partial charge >= 0.3 is 0 Å². The summed E-state index contributed by atoms with van der Waals surface area (Å²) in [5, 5.41) is 10.8. The molecule has 0 aliphatic heterocycles. The SMILES string of the molecule is CCC(C)P(=O)(O)CCC=NO. The largest absolute Gasteiger partial charge is 0.411 e. The molecule has 0 spiro atoms. The van der Waals surface area contributed by atoms with Crippen molar-refractivity contribution in [2.24, 2.45) is 5.16 Å². The standard InChI is InChI=1S/C7H16NO3P/c1-3-7(2)12(10,11)6-4-5-8-9/h5,7,9H,3-4,6H2,1-2H3,(H,10,11). The first kappa shape index (κ1) is 11.7. The first-order chi connectivity index (χ1) is 5.54. The Bertz CT molecular complexity index is 193. The van der Waals surface area contributed by atoms with Crippen molar-refractivity contribution in [2.75, 3.05) is 6.16 Å². The van der Waals surface area contributed by atoms with E-state index in [1.54, 1.807) is 6.92 Å². The van der Waals surface area contributed by atoms with E-state index in [4.69, 9.17) is 5.21 Å². The summed E-state index contributed by atoms with van der Waals surface area (Å²) < 4.78 is 11.4. The van der Waals surface area contributed by atoms with Gasteiger partial charge in [0.15, 0.2) is 0 Å². The maximum atomic E-state index is 11.4. The summed E-state index contributed by atoms with van der Waals surface area (Å²) in [6.45, 7) is 3.64. The van der Waals surface area contributed by atoms with Gasteiger partial charge in [0, 0.05) is 18.0 Å². The summed E-state index contributed by atoms with van der Waals surface area (Å²) in [4.78, 5) is 9.42. The first-order valence-corrected chi connectivity index (χ1v) is 5.93. The van der Waals surface area contributed by atoms with Crippen LogP contribution < -0.4 is 0 Å². The first-order valence-electron chi connectivity index (χ1n) is 4.02. The minimum atomic E-state index is -3.02. The molecule has 0 saturated heterocycles. The molecule has 12 heavy (non-hydrogen) atoms. The Morgan fingerprint density at radius 3 is 2.67 bits per heavy atom. The number of oxime groups is 1. The molecule has 0 heterocycles. The molecule has 0 saturated carbocycles. The van der Waals surface area contributed by atoms with E-state index < -0.39 is 7.37 Å². The molecule has 0 fully saturated rings. The number of hydrogen-bond acceptors (Lipinski definition) is 3. The summed E-state index contributed by atoms with van der Waals surface area (Å²) in [6.07, 6.45) is 2.50. The molecule has 0 rings (SSSR count). The predicted molar refractivity (Wildman–Crippen MR) is 49.3 cm³/mol. The lowest BCUT2D eigenvalue weighted by Crippen LogP contribution is -2.05. The minimum absolute atomic E-state index is 0.162. The minimum Gasteiger partial charge on any atom is -0.411 e. The van der Waals surface area contributed by atoms with Crippen LogP contribution in [0.3, 0.4) is 0 Å². The second-order valence-electron chi connectivity index (χ2n) is 2.82. The lowest BCUT2D eigenvalue weighted by atomic mass is 10.4. The monoisotopic (exact) mass is 193 g/mol. The number of nitrogens with zero attached hydrogens (tertiary/aromatic N) is 1. The van der Waals surface area contributed by atoms with Crippen molar-refractivity contribution in [3.8, 4) is 0 Å². The molecule has 0 aliphatic rings. The van der Waals surface area contributed by atoms with Gasteiger partial charge in [-0.3, -0.25) is 4.57 Å². The van der Waals surface area contributed by atoms with E-state index in [9.17, 15) is 9.46 Å². The van der Waals surface area contributed by atoms with E-state index in [-0.39, 0.29) is 11.8 Å². The van der Waals surface area contributed by atoms with Crippen molar-refractivity contribution < 1.29 is 14.7 Å². The predicted octanol–water partition coefficient (Wildman–Crippen LogP) is 1.91. The van der Waals surface area contributed by atoms with Gasteiger partial charge in [-0.05, 0) is 12.8 Å². The molecule has 0 aromatic heterocycles. The van der Waals surface area contributed by atoms with Crippen LogP contribution in [-0.2, 0) is 4.57 Å². The van der Waals surface area contributed by atoms with Crippen molar-refractivity contribution in [2.45, 2.75) is 32.3 Å². The Hall–Kier alpha value is -0.340. The van der Waals surface area contributed by atoms with Crippen molar-refractivity contribution in [1.29, 1.82) is 0 Å². The van der Waals surface area contributed by atoms with Gasteiger partial charge in [0.2, 0.25) is 7.37 Å². The van der Waals surface area contributed by atoms with Gasteiger partial charge < -0.3 is 10.1 Å². The number of hydrogen-bond donors (Lipinski definition) is 2. The van der Waals surface area contributed by atoms with E-state index in [1.807, 2.05) is 6.92 Å². The van der Waals surface area contributed by atoms with E-state index >= 15 is 0 Å². The quantitative estimate of drug-likeness (QED) is 0.303. The van der Waals surface area contributed by atoms with Crippen molar-refractivity contribution >= 4 is 13.6 Å². The normalized spacial score (nSPS) is 19.2. The fourth-order valence-corrected chi connectivity index (χ4v) is 2.30. The van der Waals surface area contributed by atoms with E-state index in [0.717, 1.165) is 0 Å². The van der Waals surface area contributed by atoms with Gasteiger partial charge in [-0.25, -0.2) is 0 Å². The third-order valence-corrected chi connectivity index (χ3v) is 4.58. The van der Waals surface area contributed by atoms with Gasteiger partial charge in [-0.15, -0.1) is 5.16 Å². The van der Waals surface area contributed by atoms with Crippen LogP contribution >= 0.6 is 7.37 Å². The molecule has 5 heteroatoms. The maximum absolute atomic E-state index is 11.4. The summed E-state index contributed by atoms with van der Waals surface area (Å²) >= 11 is 0. The van der Waals surface area contributed by atoms with Crippen LogP contribution in [0.15, 0.2) is 5.16 Å². The highest BCUT2D eigenvalue weighted by molar-refractivity contribution is 7.58. The molecule has 0 amide bonds. The lowest BCUT2D eigenvalue weighted by molar-refractivity contribution is 0.320. The summed E-state index contributed by atoms with van der Waals surface area (Å²) in [5.74, 6) is 0. The lowest BCUT2D eigenvalue weighted by Gasteiger charge is -2.16. The van der Waals surface area contributed by atoms with Crippen LogP contribution in [0, 0.1) is 0 Å². The highest BCUT2D eigenvalue weighted by atomic mass is 31.2. The van der Waals surface area contributed by atoms with Gasteiger partial charge in [0.1, 0.15) is 0 Å². The molecule has 0 aliphatic carbocycles. The van der Waals surface area contributed by atoms with E-state index in [1.165, 1.54) is 6.21 Å². The van der Waals surface area contributed by atoms with Crippen LogP contribution in [0.4, 0.5) is 0 Å². The second kappa shape index (κ2) is 5.33. The third-order valence-electron chi connectivity index (χ3n) is 1.94. The van der Waals surface area contributed by atoms with E-state index in [0.29, 0.717) is 12.8 Å². The molecule has 2 N–H and O–H groups in total.